The summed E-state index contributed by atoms with van der Waals surface area (Å²) in [5, 5.41) is 3.57. The minimum Gasteiger partial charge on any atom is -0.317 e. The van der Waals surface area contributed by atoms with E-state index in [1.54, 1.807) is 0 Å². The first kappa shape index (κ1) is 21.9. The van der Waals surface area contributed by atoms with Crippen LogP contribution >= 0.6 is 0 Å². The molecular weight excluding hydrogens is 350 g/mol. The molecule has 0 heterocycles. The second-order valence-corrected chi connectivity index (χ2v) is 12.5. The number of allylic oxidation sites excluding steroid dienone is 1. The fourth-order valence-electron chi connectivity index (χ4n) is 8.93. The summed E-state index contributed by atoms with van der Waals surface area (Å²) >= 11 is 0. The van der Waals surface area contributed by atoms with Crippen molar-refractivity contribution in [2.75, 3.05) is 7.05 Å². The van der Waals surface area contributed by atoms with Crippen LogP contribution in [-0.4, -0.2) is 13.1 Å². The Morgan fingerprint density at radius 1 is 1.00 bits per heavy atom. The summed E-state index contributed by atoms with van der Waals surface area (Å²) in [4.78, 5) is 0. The van der Waals surface area contributed by atoms with Crippen LogP contribution in [0.15, 0.2) is 11.6 Å². The summed E-state index contributed by atoms with van der Waals surface area (Å²) in [5.41, 5.74) is 2.96. The molecule has 0 bridgehead atoms. The normalized spacial score (nSPS) is 45.3. The Kier molecular flexibility index (Phi) is 6.29. The third kappa shape index (κ3) is 3.77. The maximum Gasteiger partial charge on any atom is 0.0102 e. The average molecular weight is 400 g/mol. The van der Waals surface area contributed by atoms with Gasteiger partial charge in [-0.1, -0.05) is 65.5 Å². The Balaban J connectivity index is 1.48. The smallest absolute Gasteiger partial charge is 0.0102 e. The van der Waals surface area contributed by atoms with Gasteiger partial charge in [0, 0.05) is 6.04 Å². The molecule has 4 rings (SSSR count). The van der Waals surface area contributed by atoms with Crippen LogP contribution < -0.4 is 5.32 Å². The summed E-state index contributed by atoms with van der Waals surface area (Å²) in [6, 6.07) is 0.724. The molecule has 4 aliphatic rings. The molecule has 0 radical (unpaired) electrons. The molecule has 1 heteroatoms. The third-order valence-corrected chi connectivity index (χ3v) is 10.7. The molecule has 4 aliphatic carbocycles. The van der Waals surface area contributed by atoms with E-state index >= 15 is 0 Å². The molecule has 0 aromatic carbocycles. The van der Waals surface area contributed by atoms with E-state index in [0.717, 1.165) is 41.5 Å². The molecule has 0 aromatic rings. The minimum absolute atomic E-state index is 0.512. The monoisotopic (exact) mass is 399 g/mol. The Morgan fingerprint density at radius 2 is 1.79 bits per heavy atom. The highest BCUT2D eigenvalue weighted by Gasteiger charge is 2.59. The van der Waals surface area contributed by atoms with Crippen molar-refractivity contribution in [3.63, 3.8) is 0 Å². The number of nitrogens with one attached hydrogen (secondary N) is 1. The van der Waals surface area contributed by atoms with Gasteiger partial charge in [0.15, 0.2) is 0 Å². The Bertz CT molecular complexity index is 605. The lowest BCUT2D eigenvalue weighted by Gasteiger charge is -2.58. The highest BCUT2D eigenvalue weighted by Crippen LogP contribution is 2.67. The molecular formula is C28H49N. The number of hydrogen-bond acceptors (Lipinski definition) is 1. The van der Waals surface area contributed by atoms with Gasteiger partial charge in [0.2, 0.25) is 0 Å². The van der Waals surface area contributed by atoms with Crippen molar-refractivity contribution in [3.8, 4) is 0 Å². The van der Waals surface area contributed by atoms with Crippen LogP contribution in [0.5, 0.6) is 0 Å². The predicted molar refractivity (Wildman–Crippen MR) is 126 cm³/mol. The van der Waals surface area contributed by atoms with E-state index in [4.69, 9.17) is 0 Å². The average Bonchev–Trinajstić information content (AvgIpc) is 3.04. The Hall–Kier alpha value is -0.300. The van der Waals surface area contributed by atoms with Crippen molar-refractivity contribution in [1.29, 1.82) is 0 Å². The van der Waals surface area contributed by atoms with Gasteiger partial charge < -0.3 is 5.32 Å². The lowest BCUT2D eigenvalue weighted by atomic mass is 9.47. The first-order valence-corrected chi connectivity index (χ1v) is 13.2. The second kappa shape index (κ2) is 8.33. The number of rotatable bonds is 6. The van der Waals surface area contributed by atoms with Gasteiger partial charge in [-0.15, -0.1) is 0 Å². The molecule has 0 aliphatic heterocycles. The topological polar surface area (TPSA) is 12.0 Å². The van der Waals surface area contributed by atoms with Crippen LogP contribution in [0, 0.1) is 46.3 Å². The van der Waals surface area contributed by atoms with E-state index in [9.17, 15) is 0 Å². The van der Waals surface area contributed by atoms with Crippen LogP contribution in [-0.2, 0) is 0 Å². The summed E-state index contributed by atoms with van der Waals surface area (Å²) in [6.45, 7) is 12.8. The van der Waals surface area contributed by atoms with Crippen molar-refractivity contribution in [2.24, 2.45) is 46.3 Å². The fourth-order valence-corrected chi connectivity index (χ4v) is 8.93. The molecule has 7 unspecified atom stereocenters. The Labute approximate surface area is 181 Å². The predicted octanol–water partition coefficient (Wildman–Crippen LogP) is 7.62. The van der Waals surface area contributed by atoms with Crippen LogP contribution in [0.1, 0.15) is 105 Å². The molecule has 3 fully saturated rings. The lowest BCUT2D eigenvalue weighted by Crippen LogP contribution is -2.51. The number of hydrogen-bond donors (Lipinski definition) is 1. The molecule has 0 spiro atoms. The van der Waals surface area contributed by atoms with Crippen LogP contribution in [0.4, 0.5) is 0 Å². The fraction of sp³-hybridized carbons (Fsp3) is 0.929. The maximum atomic E-state index is 3.57. The molecule has 0 aromatic heterocycles. The van der Waals surface area contributed by atoms with Gasteiger partial charge in [-0.2, -0.15) is 0 Å². The molecule has 1 N–H and O–H groups in total. The van der Waals surface area contributed by atoms with Crippen LogP contribution in [0.25, 0.3) is 0 Å². The van der Waals surface area contributed by atoms with Crippen LogP contribution in [0.3, 0.4) is 0 Å². The highest BCUT2D eigenvalue weighted by atomic mass is 14.9. The van der Waals surface area contributed by atoms with Gasteiger partial charge in [-0.3, -0.25) is 0 Å². The molecule has 29 heavy (non-hydrogen) atoms. The van der Waals surface area contributed by atoms with Crippen LogP contribution in [0.2, 0.25) is 0 Å². The lowest BCUT2D eigenvalue weighted by molar-refractivity contribution is -0.0513. The van der Waals surface area contributed by atoms with E-state index < -0.39 is 0 Å². The van der Waals surface area contributed by atoms with Crippen molar-refractivity contribution in [1.82, 2.24) is 5.32 Å². The summed E-state index contributed by atoms with van der Waals surface area (Å²) in [5.74, 6) is 5.72. The van der Waals surface area contributed by atoms with E-state index in [0.29, 0.717) is 10.8 Å². The van der Waals surface area contributed by atoms with Crippen molar-refractivity contribution in [3.05, 3.63) is 11.6 Å². The molecule has 0 saturated heterocycles. The van der Waals surface area contributed by atoms with Crippen molar-refractivity contribution < 1.29 is 0 Å². The SMILES string of the molecule is CNC1CCC2(C)C(=CCC3C2CCC2(C)C3CCC2[C@H](C)CCCC(C)C)C1. The number of fused-ring (bicyclic) bond motifs is 5. The first-order chi connectivity index (χ1) is 13.8. The zero-order chi connectivity index (χ0) is 20.8. The summed E-state index contributed by atoms with van der Waals surface area (Å²) in [7, 11) is 2.16. The standard InChI is InChI=1S/C28H49N/c1-19(2)8-7-9-20(3)24-12-13-25-23-11-10-21-18-22(29-6)14-16-27(21,4)26(23)15-17-28(24,25)5/h10,19-20,22-26,29H,7-9,11-18H2,1-6H3/t20-,22?,23?,24?,25?,26?,27?,28?/m1/s1. The van der Waals surface area contributed by atoms with Gasteiger partial charge >= 0.3 is 0 Å². The minimum atomic E-state index is 0.512. The first-order valence-electron chi connectivity index (χ1n) is 13.2. The van der Waals surface area contributed by atoms with E-state index in [2.05, 4.69) is 53.1 Å². The highest BCUT2D eigenvalue weighted by molar-refractivity contribution is 5.25. The van der Waals surface area contributed by atoms with E-state index in [1.165, 1.54) is 70.6 Å². The summed E-state index contributed by atoms with van der Waals surface area (Å²) in [6.07, 6.45) is 18.6. The zero-order valence-electron chi connectivity index (χ0n) is 20.4. The van der Waals surface area contributed by atoms with E-state index in [-0.39, 0.29) is 0 Å². The molecule has 166 valence electrons. The summed E-state index contributed by atoms with van der Waals surface area (Å²) < 4.78 is 0. The van der Waals surface area contributed by atoms with Gasteiger partial charge in [0.05, 0.1) is 0 Å². The zero-order valence-corrected chi connectivity index (χ0v) is 20.4. The van der Waals surface area contributed by atoms with Gasteiger partial charge in [0.1, 0.15) is 0 Å². The van der Waals surface area contributed by atoms with Gasteiger partial charge in [-0.05, 0) is 105 Å². The largest absolute Gasteiger partial charge is 0.317 e. The quantitative estimate of drug-likeness (QED) is 0.453. The molecule has 1 nitrogen and oxygen atoms in total. The third-order valence-electron chi connectivity index (χ3n) is 10.7. The molecule has 3 saturated carbocycles. The second-order valence-electron chi connectivity index (χ2n) is 12.5. The maximum absolute atomic E-state index is 3.57. The Morgan fingerprint density at radius 3 is 2.52 bits per heavy atom. The van der Waals surface area contributed by atoms with Gasteiger partial charge in [-0.25, -0.2) is 0 Å². The molecule has 8 atom stereocenters. The van der Waals surface area contributed by atoms with Crippen molar-refractivity contribution in [2.45, 2.75) is 111 Å². The molecule has 0 amide bonds. The van der Waals surface area contributed by atoms with E-state index in [1.807, 2.05) is 5.57 Å². The van der Waals surface area contributed by atoms with Crippen molar-refractivity contribution >= 4 is 0 Å². The van der Waals surface area contributed by atoms with Gasteiger partial charge in [0.25, 0.3) is 0 Å².